The second-order valence-electron chi connectivity index (χ2n) is 1.87. The maximum Gasteiger partial charge on any atom is 0.117 e. The first-order chi connectivity index (χ1) is 4.85. The summed E-state index contributed by atoms with van der Waals surface area (Å²) in [5.41, 5.74) is 5.19. The van der Waals surface area contributed by atoms with Gasteiger partial charge in [-0.15, -0.1) is 0 Å². The Bertz CT molecular complexity index is 102. The van der Waals surface area contributed by atoms with Crippen molar-refractivity contribution in [1.29, 1.82) is 0 Å². The molecule has 0 amide bonds. The van der Waals surface area contributed by atoms with Gasteiger partial charge in [-0.25, -0.2) is 0 Å². The Morgan fingerprint density at radius 2 is 2.40 bits per heavy atom. The van der Waals surface area contributed by atoms with Crippen LogP contribution in [0.3, 0.4) is 0 Å². The van der Waals surface area contributed by atoms with E-state index in [0.29, 0.717) is 18.9 Å². The van der Waals surface area contributed by atoms with E-state index >= 15 is 0 Å². The van der Waals surface area contributed by atoms with Crippen LogP contribution < -0.4 is 5.73 Å². The van der Waals surface area contributed by atoms with E-state index in [2.05, 4.69) is 0 Å². The smallest absolute Gasteiger partial charge is 0.117 e. The summed E-state index contributed by atoms with van der Waals surface area (Å²) in [5.74, 6) is 0.618. The van der Waals surface area contributed by atoms with Crippen molar-refractivity contribution in [3.8, 4) is 0 Å². The molecule has 0 aliphatic rings. The van der Waals surface area contributed by atoms with Crippen molar-refractivity contribution in [2.45, 2.75) is 13.3 Å². The summed E-state index contributed by atoms with van der Waals surface area (Å²) in [5, 5.41) is 8.65. The van der Waals surface area contributed by atoms with Gasteiger partial charge in [-0.1, -0.05) is 6.92 Å². The van der Waals surface area contributed by atoms with E-state index < -0.39 is 0 Å². The number of rotatable bonds is 5. The highest BCUT2D eigenvalue weighted by molar-refractivity contribution is 4.91. The van der Waals surface area contributed by atoms with Crippen LogP contribution in [-0.2, 0) is 4.74 Å². The van der Waals surface area contributed by atoms with E-state index in [0.717, 1.165) is 6.42 Å². The van der Waals surface area contributed by atoms with Crippen LogP contribution in [0.1, 0.15) is 13.3 Å². The summed E-state index contributed by atoms with van der Waals surface area (Å²) in [4.78, 5) is 0. The summed E-state index contributed by atoms with van der Waals surface area (Å²) in [6.07, 6.45) is 2.72. The summed E-state index contributed by atoms with van der Waals surface area (Å²) >= 11 is 0. The van der Waals surface area contributed by atoms with Crippen molar-refractivity contribution in [3.05, 3.63) is 11.8 Å². The molecule has 0 radical (unpaired) electrons. The fraction of sp³-hybridized carbons (Fsp3) is 0.714. The van der Waals surface area contributed by atoms with Gasteiger partial charge in [-0.3, -0.25) is 0 Å². The Labute approximate surface area is 61.5 Å². The molecular formula is C7H15NO2. The van der Waals surface area contributed by atoms with E-state index in [1.54, 1.807) is 0 Å². The van der Waals surface area contributed by atoms with Gasteiger partial charge < -0.3 is 15.6 Å². The van der Waals surface area contributed by atoms with Crippen LogP contribution in [0.15, 0.2) is 11.8 Å². The van der Waals surface area contributed by atoms with Gasteiger partial charge in [0, 0.05) is 6.54 Å². The molecule has 10 heavy (non-hydrogen) atoms. The first-order valence-electron chi connectivity index (χ1n) is 3.47. The van der Waals surface area contributed by atoms with Crippen LogP contribution in [0.2, 0.25) is 0 Å². The van der Waals surface area contributed by atoms with Gasteiger partial charge >= 0.3 is 0 Å². The largest absolute Gasteiger partial charge is 0.495 e. The summed E-state index contributed by atoms with van der Waals surface area (Å²) in [7, 11) is 0. The molecule has 0 unspecified atom stereocenters. The van der Waals surface area contributed by atoms with E-state index in [-0.39, 0.29) is 6.61 Å². The molecule has 0 spiro atoms. The topological polar surface area (TPSA) is 55.5 Å². The maximum atomic E-state index is 8.65. The molecule has 60 valence electrons. The van der Waals surface area contributed by atoms with Crippen LogP contribution in [0, 0.1) is 0 Å². The van der Waals surface area contributed by atoms with E-state index in [1.807, 2.05) is 13.0 Å². The van der Waals surface area contributed by atoms with Gasteiger partial charge in [-0.2, -0.15) is 0 Å². The minimum absolute atomic E-state index is 0.0339. The fourth-order valence-corrected chi connectivity index (χ4v) is 0.587. The first-order valence-corrected chi connectivity index (χ1v) is 3.47. The molecule has 0 aromatic carbocycles. The third-order valence-corrected chi connectivity index (χ3v) is 0.993. The van der Waals surface area contributed by atoms with Gasteiger partial charge in [0.2, 0.25) is 0 Å². The molecule has 0 rings (SSSR count). The Morgan fingerprint density at radius 3 is 2.80 bits per heavy atom. The Hall–Kier alpha value is -0.540. The zero-order chi connectivity index (χ0) is 7.82. The molecule has 0 aromatic heterocycles. The number of hydrogen-bond donors (Lipinski definition) is 2. The molecule has 3 nitrogen and oxygen atoms in total. The molecule has 0 atom stereocenters. The lowest BCUT2D eigenvalue weighted by atomic mass is 10.4. The standard InChI is InChI=1S/C7H15NO2/c1-2-3-7(6-9)10-5-4-8/h3,9H,2,4-6,8H2,1H3. The summed E-state index contributed by atoms with van der Waals surface area (Å²) in [6.45, 7) is 2.92. The quantitative estimate of drug-likeness (QED) is 0.545. The predicted molar refractivity (Wildman–Crippen MR) is 40.5 cm³/mol. The van der Waals surface area contributed by atoms with Crippen LogP contribution in [0.4, 0.5) is 0 Å². The second kappa shape index (κ2) is 6.58. The zero-order valence-corrected chi connectivity index (χ0v) is 6.34. The number of allylic oxidation sites excluding steroid dienone is 1. The Balaban J connectivity index is 3.49. The lowest BCUT2D eigenvalue weighted by Crippen LogP contribution is -2.09. The van der Waals surface area contributed by atoms with Gasteiger partial charge in [0.25, 0.3) is 0 Å². The van der Waals surface area contributed by atoms with Crippen molar-refractivity contribution in [3.63, 3.8) is 0 Å². The van der Waals surface area contributed by atoms with Crippen molar-refractivity contribution in [2.75, 3.05) is 19.8 Å². The molecule has 0 aromatic rings. The predicted octanol–water partition coefficient (Wildman–Crippen LogP) is 0.248. The molecule has 0 fully saturated rings. The van der Waals surface area contributed by atoms with Crippen molar-refractivity contribution < 1.29 is 9.84 Å². The number of ether oxygens (including phenoxy) is 1. The van der Waals surface area contributed by atoms with Crippen LogP contribution in [-0.4, -0.2) is 24.9 Å². The molecule has 3 heteroatoms. The Morgan fingerprint density at radius 1 is 1.70 bits per heavy atom. The lowest BCUT2D eigenvalue weighted by molar-refractivity contribution is 0.165. The highest BCUT2D eigenvalue weighted by atomic mass is 16.5. The van der Waals surface area contributed by atoms with Gasteiger partial charge in [0.1, 0.15) is 19.0 Å². The minimum atomic E-state index is -0.0339. The van der Waals surface area contributed by atoms with Crippen molar-refractivity contribution in [2.24, 2.45) is 5.73 Å². The monoisotopic (exact) mass is 145 g/mol. The van der Waals surface area contributed by atoms with E-state index in [1.165, 1.54) is 0 Å². The molecule has 0 saturated heterocycles. The highest BCUT2D eigenvalue weighted by Gasteiger charge is 1.91. The SMILES string of the molecule is CCC=C(CO)OCCN. The van der Waals surface area contributed by atoms with Crippen LogP contribution >= 0.6 is 0 Å². The highest BCUT2D eigenvalue weighted by Crippen LogP contribution is 1.96. The van der Waals surface area contributed by atoms with Crippen molar-refractivity contribution in [1.82, 2.24) is 0 Å². The molecule has 0 aliphatic carbocycles. The van der Waals surface area contributed by atoms with Gasteiger partial charge in [0.15, 0.2) is 0 Å². The molecule has 0 bridgehead atoms. The number of aliphatic hydroxyl groups excluding tert-OH is 1. The number of aliphatic hydroxyl groups is 1. The average molecular weight is 145 g/mol. The zero-order valence-electron chi connectivity index (χ0n) is 6.34. The minimum Gasteiger partial charge on any atom is -0.495 e. The first kappa shape index (κ1) is 9.46. The van der Waals surface area contributed by atoms with E-state index in [4.69, 9.17) is 15.6 Å². The Kier molecular flexibility index (Phi) is 6.22. The lowest BCUT2D eigenvalue weighted by Gasteiger charge is -2.05. The van der Waals surface area contributed by atoms with Gasteiger partial charge in [-0.05, 0) is 12.5 Å². The molecule has 0 saturated carbocycles. The third kappa shape index (κ3) is 4.35. The van der Waals surface area contributed by atoms with Crippen LogP contribution in [0.5, 0.6) is 0 Å². The number of nitrogens with two attached hydrogens (primary N) is 1. The third-order valence-electron chi connectivity index (χ3n) is 0.993. The summed E-state index contributed by atoms with van der Waals surface area (Å²) < 4.78 is 5.07. The summed E-state index contributed by atoms with van der Waals surface area (Å²) in [6, 6.07) is 0. The molecule has 0 heterocycles. The van der Waals surface area contributed by atoms with Crippen molar-refractivity contribution >= 4 is 0 Å². The molecule has 3 N–H and O–H groups in total. The van der Waals surface area contributed by atoms with Gasteiger partial charge in [0.05, 0.1) is 0 Å². The molecular weight excluding hydrogens is 130 g/mol. The van der Waals surface area contributed by atoms with E-state index in [9.17, 15) is 0 Å². The fourth-order valence-electron chi connectivity index (χ4n) is 0.587. The normalized spacial score (nSPS) is 11.7. The average Bonchev–Trinajstić information content (AvgIpc) is 1.98. The number of hydrogen-bond acceptors (Lipinski definition) is 3. The van der Waals surface area contributed by atoms with Crippen LogP contribution in [0.25, 0.3) is 0 Å². The second-order valence-corrected chi connectivity index (χ2v) is 1.87. The maximum absolute atomic E-state index is 8.65. The molecule has 0 aliphatic heterocycles.